The first-order chi connectivity index (χ1) is 14.0. The molecule has 0 unspecified atom stereocenters. The van der Waals surface area contributed by atoms with Crippen molar-refractivity contribution in [2.24, 2.45) is 9.98 Å². The Hall–Kier alpha value is -1.39. The molecule has 152 valence electrons. The van der Waals surface area contributed by atoms with Crippen molar-refractivity contribution in [2.75, 3.05) is 0 Å². The summed E-state index contributed by atoms with van der Waals surface area (Å²) in [5.41, 5.74) is 5.03. The van der Waals surface area contributed by atoms with Gasteiger partial charge in [0.15, 0.2) is 0 Å². The second-order valence-corrected chi connectivity index (χ2v) is 8.46. The summed E-state index contributed by atoms with van der Waals surface area (Å²) in [6.45, 7) is 3.89. The first-order valence-corrected chi connectivity index (χ1v) is 12.2. The van der Waals surface area contributed by atoms with Gasteiger partial charge in [-0.25, -0.2) is 4.98 Å². The van der Waals surface area contributed by atoms with Crippen LogP contribution in [-0.2, 0) is 13.1 Å². The van der Waals surface area contributed by atoms with E-state index in [0.29, 0.717) is 10.0 Å². The molecular formula is C21H17Cl4FeN3. The van der Waals surface area contributed by atoms with Crippen LogP contribution in [0.25, 0.3) is 0 Å². The van der Waals surface area contributed by atoms with Crippen LogP contribution < -0.4 is 0 Å². The summed E-state index contributed by atoms with van der Waals surface area (Å²) < 4.78 is 0. The molecule has 1 aromatic heterocycles. The molecule has 0 saturated carbocycles. The number of nitrogens with zero attached hydrogens (tertiary/aromatic N) is 3. The Morgan fingerprint density at radius 1 is 0.724 bits per heavy atom. The molecule has 3 nitrogen and oxygen atoms in total. The predicted molar refractivity (Wildman–Crippen MR) is 123 cm³/mol. The third-order valence-corrected chi connectivity index (χ3v) is 4.76. The van der Waals surface area contributed by atoms with Crippen LogP contribution in [0.4, 0.5) is 11.4 Å². The van der Waals surface area contributed by atoms with Gasteiger partial charge in [0.25, 0.3) is 0 Å². The molecule has 0 saturated heterocycles. The first-order valence-electron chi connectivity index (χ1n) is 8.37. The fraction of sp³-hybridized carbons (Fsp3) is 0.0952. The molecule has 1 heterocycles. The van der Waals surface area contributed by atoms with Crippen molar-refractivity contribution in [3.05, 3.63) is 87.2 Å². The molecule has 0 bridgehead atoms. The van der Waals surface area contributed by atoms with E-state index >= 15 is 0 Å². The number of hydrogen-bond acceptors (Lipinski definition) is 3. The van der Waals surface area contributed by atoms with Gasteiger partial charge in [-0.15, -0.1) is 0 Å². The van der Waals surface area contributed by atoms with E-state index in [0.717, 1.165) is 33.9 Å². The number of pyridine rings is 1. The fourth-order valence-corrected chi connectivity index (χ4v) is 2.70. The zero-order valence-corrected chi connectivity index (χ0v) is 19.7. The van der Waals surface area contributed by atoms with Crippen LogP contribution in [0.1, 0.15) is 22.5 Å². The Morgan fingerprint density at radius 3 is 1.52 bits per heavy atom. The van der Waals surface area contributed by atoms with Gasteiger partial charge in [-0.2, -0.15) is 0 Å². The Labute approximate surface area is 195 Å². The SMILES string of the molecule is Cc1c(Cl)cccc1N=Cc1cccc(C=Nc2cccc(Cl)c2C)n1.[Cl][Fe][Cl]. The summed E-state index contributed by atoms with van der Waals surface area (Å²) in [5.74, 6) is 0. The van der Waals surface area contributed by atoms with Crippen LogP contribution in [0, 0.1) is 13.8 Å². The molecule has 0 aliphatic heterocycles. The van der Waals surface area contributed by atoms with Crippen molar-refractivity contribution in [3.63, 3.8) is 0 Å². The van der Waals surface area contributed by atoms with E-state index in [1.807, 2.05) is 68.4 Å². The van der Waals surface area contributed by atoms with Gasteiger partial charge in [-0.05, 0) is 61.4 Å². The molecular weight excluding hydrogens is 492 g/mol. The first kappa shape index (κ1) is 23.9. The zero-order chi connectivity index (χ0) is 21.2. The average Bonchev–Trinajstić information content (AvgIpc) is 2.71. The Bertz CT molecular complexity index is 946. The zero-order valence-electron chi connectivity index (χ0n) is 15.6. The molecule has 3 rings (SSSR count). The van der Waals surface area contributed by atoms with Crippen LogP contribution in [0.5, 0.6) is 0 Å². The van der Waals surface area contributed by atoms with Gasteiger partial charge in [0, 0.05) is 10.0 Å². The van der Waals surface area contributed by atoms with Crippen molar-refractivity contribution in [2.45, 2.75) is 13.8 Å². The molecule has 3 aromatic rings. The number of benzene rings is 2. The van der Waals surface area contributed by atoms with Gasteiger partial charge in [-0.1, -0.05) is 41.4 Å². The number of aromatic nitrogens is 1. The summed E-state index contributed by atoms with van der Waals surface area (Å²) in [4.78, 5) is 13.5. The van der Waals surface area contributed by atoms with Gasteiger partial charge >= 0.3 is 33.3 Å². The number of hydrogen-bond donors (Lipinski definition) is 0. The molecule has 0 aliphatic carbocycles. The Balaban J connectivity index is 0.000000941. The molecule has 0 spiro atoms. The topological polar surface area (TPSA) is 37.6 Å². The summed E-state index contributed by atoms with van der Waals surface area (Å²) in [5, 5.41) is 1.40. The van der Waals surface area contributed by atoms with Gasteiger partial charge in [0.2, 0.25) is 0 Å². The van der Waals surface area contributed by atoms with Crippen molar-refractivity contribution in [1.82, 2.24) is 4.98 Å². The van der Waals surface area contributed by atoms with Crippen LogP contribution >= 0.6 is 43.4 Å². The van der Waals surface area contributed by atoms with Crippen molar-refractivity contribution in [3.8, 4) is 0 Å². The third kappa shape index (κ3) is 7.42. The van der Waals surface area contributed by atoms with Gasteiger partial charge in [0.05, 0.1) is 35.2 Å². The number of rotatable bonds is 4. The molecule has 0 fully saturated rings. The average molecular weight is 509 g/mol. The van der Waals surface area contributed by atoms with E-state index in [1.165, 1.54) is 0 Å². The van der Waals surface area contributed by atoms with E-state index < -0.39 is 0 Å². The molecule has 29 heavy (non-hydrogen) atoms. The number of aliphatic imine (C=N–C) groups is 2. The summed E-state index contributed by atoms with van der Waals surface area (Å²) in [7, 11) is 9.53. The molecule has 0 amide bonds. The van der Waals surface area contributed by atoms with E-state index in [-0.39, 0.29) is 13.1 Å². The standard InChI is InChI=1S/C21H17Cl2N3.2ClH.Fe/c1-14-18(22)8-4-10-20(14)24-12-16-6-3-7-17(26-16)13-25-21-11-5-9-19(23)15(21)2;;;/h3-13H,1-2H3;2*1H;/q;;;+2/p-2. The minimum absolute atomic E-state index is 0.194. The number of halogens is 4. The molecule has 0 aliphatic rings. The van der Waals surface area contributed by atoms with Crippen molar-refractivity contribution < 1.29 is 13.1 Å². The molecule has 2 aromatic carbocycles. The summed E-state index contributed by atoms with van der Waals surface area (Å²) >= 11 is 12.5. The fourth-order valence-electron chi connectivity index (χ4n) is 2.36. The Kier molecular flexibility index (Phi) is 10.2. The van der Waals surface area contributed by atoms with E-state index in [2.05, 4.69) is 15.0 Å². The quantitative estimate of drug-likeness (QED) is 0.261. The van der Waals surface area contributed by atoms with Gasteiger partial charge in [0.1, 0.15) is 0 Å². The predicted octanol–water partition coefficient (Wildman–Crippen LogP) is 7.88. The van der Waals surface area contributed by atoms with E-state index in [4.69, 9.17) is 43.4 Å². The van der Waals surface area contributed by atoms with Crippen LogP contribution in [0.2, 0.25) is 10.0 Å². The maximum atomic E-state index is 6.13. The van der Waals surface area contributed by atoms with Crippen molar-refractivity contribution in [1.29, 1.82) is 0 Å². The van der Waals surface area contributed by atoms with Crippen LogP contribution in [0.15, 0.2) is 64.6 Å². The maximum absolute atomic E-state index is 6.13. The second kappa shape index (κ2) is 12.3. The van der Waals surface area contributed by atoms with Crippen molar-refractivity contribution >= 4 is 67.2 Å². The Morgan fingerprint density at radius 2 is 1.10 bits per heavy atom. The summed E-state index contributed by atoms with van der Waals surface area (Å²) in [6.07, 6.45) is 3.45. The monoisotopic (exact) mass is 507 g/mol. The second-order valence-electron chi connectivity index (χ2n) is 5.82. The van der Waals surface area contributed by atoms with Crippen LogP contribution in [0.3, 0.4) is 0 Å². The van der Waals surface area contributed by atoms with E-state index in [9.17, 15) is 0 Å². The van der Waals surface area contributed by atoms with Crippen LogP contribution in [-0.4, -0.2) is 17.4 Å². The molecule has 0 atom stereocenters. The minimum atomic E-state index is 0.194. The molecule has 0 N–H and O–H groups in total. The molecule has 0 radical (unpaired) electrons. The molecule has 8 heteroatoms. The normalized spacial score (nSPS) is 11.1. The van der Waals surface area contributed by atoms with Gasteiger partial charge < -0.3 is 0 Å². The van der Waals surface area contributed by atoms with E-state index in [1.54, 1.807) is 12.4 Å². The van der Waals surface area contributed by atoms with Gasteiger partial charge in [-0.3, -0.25) is 9.98 Å². The summed E-state index contributed by atoms with van der Waals surface area (Å²) in [6, 6.07) is 17.0. The third-order valence-electron chi connectivity index (χ3n) is 3.94.